The fraction of sp³-hybridized carbons (Fsp3) is 0. The second-order valence-electron chi connectivity index (χ2n) is 3.86. The van der Waals surface area contributed by atoms with Crippen LogP contribution in [0.2, 0.25) is 0 Å². The van der Waals surface area contributed by atoms with Gasteiger partial charge in [-0.25, -0.2) is 4.79 Å². The van der Waals surface area contributed by atoms with E-state index in [1.54, 1.807) is 5.38 Å². The zero-order chi connectivity index (χ0) is 14.7. The molecule has 2 amide bonds. The molecule has 0 radical (unpaired) electrons. The monoisotopic (exact) mass is 290 g/mol. The second-order valence-corrected chi connectivity index (χ2v) is 4.78. The predicted molar refractivity (Wildman–Crippen MR) is 74.2 cm³/mol. The van der Waals surface area contributed by atoms with Crippen molar-refractivity contribution in [3.63, 3.8) is 0 Å². The molecule has 0 aliphatic carbocycles. The number of hydrogen-bond donors (Lipinski definition) is 3. The molecule has 2 aromatic rings. The van der Waals surface area contributed by atoms with Crippen molar-refractivity contribution in [2.75, 3.05) is 5.32 Å². The lowest BCUT2D eigenvalue weighted by molar-refractivity contribution is 0.0703. The van der Waals surface area contributed by atoms with Gasteiger partial charge in [0.05, 0.1) is 5.69 Å². The fourth-order valence-corrected chi connectivity index (χ4v) is 2.24. The molecular formula is C13H10N2O4S. The van der Waals surface area contributed by atoms with Crippen LogP contribution in [-0.4, -0.2) is 22.9 Å². The first kappa shape index (κ1) is 13.8. The third kappa shape index (κ3) is 2.83. The van der Waals surface area contributed by atoms with Crippen LogP contribution in [-0.2, 0) is 0 Å². The van der Waals surface area contributed by atoms with Gasteiger partial charge in [-0.15, -0.1) is 11.3 Å². The third-order valence-corrected chi connectivity index (χ3v) is 3.44. The first-order valence-electron chi connectivity index (χ1n) is 5.51. The Morgan fingerprint density at radius 1 is 1.05 bits per heavy atom. The number of carbonyl (C=O) groups excluding carboxylic acids is 2. The number of anilines is 1. The van der Waals surface area contributed by atoms with E-state index in [0.29, 0.717) is 11.1 Å². The standard InChI is InChI=1S/C13H10N2O4S/c14-11(16)7-1-3-8(4-2-7)12(17)15-9-5-6-20-10(9)13(18)19/h1-6H,(H2,14,16)(H,15,17)(H,18,19). The largest absolute Gasteiger partial charge is 0.477 e. The third-order valence-electron chi connectivity index (χ3n) is 2.54. The zero-order valence-corrected chi connectivity index (χ0v) is 10.9. The van der Waals surface area contributed by atoms with Gasteiger partial charge in [-0.05, 0) is 35.7 Å². The van der Waals surface area contributed by atoms with Crippen LogP contribution in [0.5, 0.6) is 0 Å². The maximum absolute atomic E-state index is 12.0. The van der Waals surface area contributed by atoms with E-state index in [1.807, 2.05) is 0 Å². The van der Waals surface area contributed by atoms with Crippen molar-refractivity contribution in [2.45, 2.75) is 0 Å². The van der Waals surface area contributed by atoms with E-state index in [-0.39, 0.29) is 10.6 Å². The molecule has 0 spiro atoms. The molecule has 6 nitrogen and oxygen atoms in total. The Labute approximate surface area is 117 Å². The van der Waals surface area contributed by atoms with Crippen LogP contribution in [0.4, 0.5) is 5.69 Å². The number of primary amides is 1. The molecule has 20 heavy (non-hydrogen) atoms. The number of rotatable bonds is 4. The predicted octanol–water partition coefficient (Wildman–Crippen LogP) is 1.80. The molecular weight excluding hydrogens is 280 g/mol. The van der Waals surface area contributed by atoms with Crippen LogP contribution < -0.4 is 11.1 Å². The van der Waals surface area contributed by atoms with Crippen LogP contribution >= 0.6 is 11.3 Å². The molecule has 0 atom stereocenters. The van der Waals surface area contributed by atoms with E-state index in [0.717, 1.165) is 11.3 Å². The van der Waals surface area contributed by atoms with E-state index in [4.69, 9.17) is 10.8 Å². The summed E-state index contributed by atoms with van der Waals surface area (Å²) in [6.07, 6.45) is 0. The van der Waals surface area contributed by atoms with Gasteiger partial charge in [0, 0.05) is 11.1 Å². The summed E-state index contributed by atoms with van der Waals surface area (Å²) in [6.45, 7) is 0. The lowest BCUT2D eigenvalue weighted by Gasteiger charge is -2.05. The Bertz CT molecular complexity index is 676. The molecule has 102 valence electrons. The Kier molecular flexibility index (Phi) is 3.81. The van der Waals surface area contributed by atoms with Crippen LogP contribution in [0.25, 0.3) is 0 Å². The van der Waals surface area contributed by atoms with Gasteiger partial charge < -0.3 is 16.2 Å². The van der Waals surface area contributed by atoms with Crippen molar-refractivity contribution >= 4 is 34.8 Å². The van der Waals surface area contributed by atoms with Crippen LogP contribution in [0, 0.1) is 0 Å². The van der Waals surface area contributed by atoms with Crippen LogP contribution in [0.15, 0.2) is 35.7 Å². The molecule has 0 fully saturated rings. The summed E-state index contributed by atoms with van der Waals surface area (Å²) in [5.41, 5.74) is 5.94. The molecule has 0 unspecified atom stereocenters. The van der Waals surface area contributed by atoms with Crippen molar-refractivity contribution < 1.29 is 19.5 Å². The summed E-state index contributed by atoms with van der Waals surface area (Å²) < 4.78 is 0. The van der Waals surface area contributed by atoms with E-state index >= 15 is 0 Å². The second kappa shape index (κ2) is 5.54. The van der Waals surface area contributed by atoms with Gasteiger partial charge >= 0.3 is 5.97 Å². The van der Waals surface area contributed by atoms with Gasteiger partial charge in [-0.3, -0.25) is 9.59 Å². The van der Waals surface area contributed by atoms with E-state index in [2.05, 4.69) is 5.32 Å². The number of nitrogens with two attached hydrogens (primary N) is 1. The summed E-state index contributed by atoms with van der Waals surface area (Å²) in [4.78, 5) is 33.9. The highest BCUT2D eigenvalue weighted by atomic mass is 32.1. The minimum atomic E-state index is -1.10. The minimum Gasteiger partial charge on any atom is -0.477 e. The molecule has 0 bridgehead atoms. The molecule has 4 N–H and O–H groups in total. The summed E-state index contributed by atoms with van der Waals surface area (Å²) in [5, 5.41) is 13.0. The zero-order valence-electron chi connectivity index (χ0n) is 10.1. The highest BCUT2D eigenvalue weighted by Gasteiger charge is 2.15. The number of carboxylic acid groups (broad SMARTS) is 1. The number of amides is 2. The Balaban J connectivity index is 2.17. The van der Waals surface area contributed by atoms with E-state index in [1.165, 1.54) is 30.3 Å². The van der Waals surface area contributed by atoms with Crippen LogP contribution in [0.3, 0.4) is 0 Å². The molecule has 0 aliphatic heterocycles. The number of aromatic carboxylic acids is 1. The first-order valence-corrected chi connectivity index (χ1v) is 6.39. The highest BCUT2D eigenvalue weighted by Crippen LogP contribution is 2.22. The summed E-state index contributed by atoms with van der Waals surface area (Å²) >= 11 is 1.03. The molecule has 1 aromatic carbocycles. The minimum absolute atomic E-state index is 0.0621. The van der Waals surface area contributed by atoms with Crippen molar-refractivity contribution in [3.05, 3.63) is 51.7 Å². The quantitative estimate of drug-likeness (QED) is 0.797. The molecule has 7 heteroatoms. The van der Waals surface area contributed by atoms with Crippen molar-refractivity contribution in [1.82, 2.24) is 0 Å². The number of benzene rings is 1. The number of nitrogens with one attached hydrogen (secondary N) is 1. The number of carbonyl (C=O) groups is 3. The Morgan fingerprint density at radius 2 is 1.65 bits per heavy atom. The molecule has 2 rings (SSSR count). The van der Waals surface area contributed by atoms with E-state index < -0.39 is 17.8 Å². The number of carboxylic acids is 1. The van der Waals surface area contributed by atoms with Crippen LogP contribution in [0.1, 0.15) is 30.4 Å². The highest BCUT2D eigenvalue weighted by molar-refractivity contribution is 7.12. The lowest BCUT2D eigenvalue weighted by Crippen LogP contribution is -2.15. The fourth-order valence-electron chi connectivity index (χ4n) is 1.55. The molecule has 0 saturated heterocycles. The molecule has 1 aromatic heterocycles. The Morgan fingerprint density at radius 3 is 2.20 bits per heavy atom. The average molecular weight is 290 g/mol. The van der Waals surface area contributed by atoms with Gasteiger partial charge in [-0.1, -0.05) is 0 Å². The maximum Gasteiger partial charge on any atom is 0.348 e. The number of thiophene rings is 1. The van der Waals surface area contributed by atoms with Gasteiger partial charge in [0.15, 0.2) is 0 Å². The molecule has 0 aliphatic rings. The van der Waals surface area contributed by atoms with Gasteiger partial charge in [0.1, 0.15) is 4.88 Å². The average Bonchev–Trinajstić information content (AvgIpc) is 2.87. The summed E-state index contributed by atoms with van der Waals surface area (Å²) in [6, 6.07) is 7.28. The van der Waals surface area contributed by atoms with Gasteiger partial charge in [-0.2, -0.15) is 0 Å². The van der Waals surface area contributed by atoms with Crippen molar-refractivity contribution in [1.29, 1.82) is 0 Å². The topological polar surface area (TPSA) is 109 Å². The smallest absolute Gasteiger partial charge is 0.348 e. The lowest BCUT2D eigenvalue weighted by atomic mass is 10.1. The maximum atomic E-state index is 12.0. The SMILES string of the molecule is NC(=O)c1ccc(C(=O)Nc2ccsc2C(=O)O)cc1. The van der Waals surface area contributed by atoms with Gasteiger partial charge in [0.25, 0.3) is 5.91 Å². The van der Waals surface area contributed by atoms with Crippen molar-refractivity contribution in [3.8, 4) is 0 Å². The first-order chi connectivity index (χ1) is 9.49. The number of hydrogen-bond acceptors (Lipinski definition) is 4. The van der Waals surface area contributed by atoms with Gasteiger partial charge in [0.2, 0.25) is 5.91 Å². The Hall–Kier alpha value is -2.67. The summed E-state index contributed by atoms with van der Waals surface area (Å²) in [7, 11) is 0. The van der Waals surface area contributed by atoms with E-state index in [9.17, 15) is 14.4 Å². The van der Waals surface area contributed by atoms with Crippen molar-refractivity contribution in [2.24, 2.45) is 5.73 Å². The summed E-state index contributed by atoms with van der Waals surface area (Å²) in [5.74, 6) is -2.13. The normalized spacial score (nSPS) is 10.0. The molecule has 0 saturated carbocycles. The molecule has 1 heterocycles.